The lowest BCUT2D eigenvalue weighted by Gasteiger charge is -2.06. The van der Waals surface area contributed by atoms with Crippen LogP contribution in [0.25, 0.3) is 0 Å². The molecule has 1 heteroatoms. The molecule has 0 heterocycles. The van der Waals surface area contributed by atoms with Gasteiger partial charge in [0, 0.05) is 0 Å². The Morgan fingerprint density at radius 1 is 1.45 bits per heavy atom. The van der Waals surface area contributed by atoms with Crippen molar-refractivity contribution in [2.24, 2.45) is 0 Å². The molecule has 0 spiro atoms. The first kappa shape index (κ1) is 10.7. The van der Waals surface area contributed by atoms with E-state index in [1.165, 1.54) is 12.0 Å². The third-order valence-electron chi connectivity index (χ3n) is 1.86. The van der Waals surface area contributed by atoms with E-state index in [1.807, 2.05) is 6.92 Å². The molecule has 0 aliphatic rings. The lowest BCUT2D eigenvalue weighted by Crippen LogP contribution is -2.03. The van der Waals surface area contributed by atoms with Gasteiger partial charge in [-0.1, -0.05) is 18.9 Å². The highest BCUT2D eigenvalue weighted by Crippen LogP contribution is 2.09. The van der Waals surface area contributed by atoms with Crippen LogP contribution in [0.4, 0.5) is 0 Å². The molecule has 0 aromatic rings. The fourth-order valence-electron chi connectivity index (χ4n) is 1.01. The van der Waals surface area contributed by atoms with Crippen molar-refractivity contribution in [3.05, 3.63) is 12.2 Å². The monoisotopic (exact) mass is 156 g/mol. The van der Waals surface area contributed by atoms with Gasteiger partial charge in [0.2, 0.25) is 0 Å². The van der Waals surface area contributed by atoms with Gasteiger partial charge in [-0.15, -0.1) is 6.58 Å². The van der Waals surface area contributed by atoms with Crippen molar-refractivity contribution in [3.63, 3.8) is 0 Å². The molecule has 0 radical (unpaired) electrons. The molecule has 66 valence electrons. The fourth-order valence-corrected chi connectivity index (χ4v) is 1.01. The van der Waals surface area contributed by atoms with Crippen LogP contribution < -0.4 is 0 Å². The maximum Gasteiger partial charge on any atom is 0.0537 e. The van der Waals surface area contributed by atoms with E-state index in [4.69, 9.17) is 0 Å². The Bertz CT molecular complexity index is 107. The van der Waals surface area contributed by atoms with E-state index in [2.05, 4.69) is 13.5 Å². The van der Waals surface area contributed by atoms with Crippen LogP contribution in [0.3, 0.4) is 0 Å². The molecule has 0 saturated heterocycles. The number of hydrogen-bond donors (Lipinski definition) is 1. The van der Waals surface area contributed by atoms with Crippen molar-refractivity contribution < 1.29 is 5.11 Å². The summed E-state index contributed by atoms with van der Waals surface area (Å²) in [5.74, 6) is 0. The van der Waals surface area contributed by atoms with Crippen LogP contribution in [-0.4, -0.2) is 11.2 Å². The topological polar surface area (TPSA) is 20.2 Å². The van der Waals surface area contributed by atoms with Crippen molar-refractivity contribution in [1.29, 1.82) is 0 Å². The molecular weight excluding hydrogens is 136 g/mol. The highest BCUT2D eigenvalue weighted by atomic mass is 16.3. The van der Waals surface area contributed by atoms with Crippen LogP contribution in [0.1, 0.15) is 46.0 Å². The van der Waals surface area contributed by atoms with E-state index in [1.54, 1.807) is 0 Å². The van der Waals surface area contributed by atoms with Crippen LogP contribution in [0.15, 0.2) is 12.2 Å². The van der Waals surface area contributed by atoms with E-state index in [9.17, 15) is 5.11 Å². The Kier molecular flexibility index (Phi) is 6.24. The zero-order valence-electron chi connectivity index (χ0n) is 7.77. The number of hydrogen-bond acceptors (Lipinski definition) is 1. The number of aliphatic hydroxyl groups excluding tert-OH is 1. The SMILES string of the molecule is C=C(C)CCCCC(O)CC. The molecule has 1 nitrogen and oxygen atoms in total. The second-order valence-electron chi connectivity index (χ2n) is 3.26. The predicted molar refractivity (Wildman–Crippen MR) is 49.6 cm³/mol. The Labute approximate surface area is 70.1 Å². The first-order valence-corrected chi connectivity index (χ1v) is 4.49. The normalized spacial score (nSPS) is 13.0. The van der Waals surface area contributed by atoms with Crippen molar-refractivity contribution in [1.82, 2.24) is 0 Å². The molecular formula is C10H20O. The molecule has 0 rings (SSSR count). The van der Waals surface area contributed by atoms with Gasteiger partial charge in [0.25, 0.3) is 0 Å². The highest BCUT2D eigenvalue weighted by Gasteiger charge is 1.98. The van der Waals surface area contributed by atoms with Crippen molar-refractivity contribution in [2.75, 3.05) is 0 Å². The van der Waals surface area contributed by atoms with E-state index < -0.39 is 0 Å². The van der Waals surface area contributed by atoms with Crippen LogP contribution in [0.5, 0.6) is 0 Å². The van der Waals surface area contributed by atoms with Crippen LogP contribution in [-0.2, 0) is 0 Å². The Morgan fingerprint density at radius 3 is 2.55 bits per heavy atom. The number of allylic oxidation sites excluding steroid dienone is 1. The number of unbranched alkanes of at least 4 members (excludes halogenated alkanes) is 1. The summed E-state index contributed by atoms with van der Waals surface area (Å²) in [7, 11) is 0. The average Bonchev–Trinajstić information content (AvgIpc) is 1.97. The molecule has 0 aliphatic carbocycles. The zero-order chi connectivity index (χ0) is 8.69. The van der Waals surface area contributed by atoms with Crippen LogP contribution in [0, 0.1) is 0 Å². The quantitative estimate of drug-likeness (QED) is 0.463. The minimum atomic E-state index is -0.0832. The Hall–Kier alpha value is -0.300. The molecule has 1 atom stereocenters. The van der Waals surface area contributed by atoms with Crippen LogP contribution >= 0.6 is 0 Å². The number of aliphatic hydroxyl groups is 1. The minimum Gasteiger partial charge on any atom is -0.393 e. The van der Waals surface area contributed by atoms with Gasteiger partial charge in [0.05, 0.1) is 6.10 Å². The van der Waals surface area contributed by atoms with E-state index in [0.717, 1.165) is 25.7 Å². The second-order valence-corrected chi connectivity index (χ2v) is 3.26. The zero-order valence-corrected chi connectivity index (χ0v) is 7.77. The van der Waals surface area contributed by atoms with Gasteiger partial charge in [-0.05, 0) is 32.6 Å². The first-order chi connectivity index (χ1) is 5.16. The van der Waals surface area contributed by atoms with Gasteiger partial charge in [-0.25, -0.2) is 0 Å². The molecule has 0 fully saturated rings. The van der Waals surface area contributed by atoms with Gasteiger partial charge in [0.15, 0.2) is 0 Å². The third kappa shape index (κ3) is 7.60. The van der Waals surface area contributed by atoms with E-state index >= 15 is 0 Å². The lowest BCUT2D eigenvalue weighted by molar-refractivity contribution is 0.157. The Morgan fingerprint density at radius 2 is 2.09 bits per heavy atom. The molecule has 0 aliphatic heterocycles. The van der Waals surface area contributed by atoms with Gasteiger partial charge >= 0.3 is 0 Å². The molecule has 11 heavy (non-hydrogen) atoms. The van der Waals surface area contributed by atoms with Gasteiger partial charge in [-0.3, -0.25) is 0 Å². The minimum absolute atomic E-state index is 0.0832. The average molecular weight is 156 g/mol. The van der Waals surface area contributed by atoms with Gasteiger partial charge < -0.3 is 5.11 Å². The Balaban J connectivity index is 3.08. The lowest BCUT2D eigenvalue weighted by atomic mass is 10.1. The maximum absolute atomic E-state index is 9.20. The smallest absolute Gasteiger partial charge is 0.0537 e. The largest absolute Gasteiger partial charge is 0.393 e. The molecule has 1 unspecified atom stereocenters. The first-order valence-electron chi connectivity index (χ1n) is 4.49. The molecule has 0 amide bonds. The summed E-state index contributed by atoms with van der Waals surface area (Å²) in [6.45, 7) is 7.90. The van der Waals surface area contributed by atoms with Crippen LogP contribution in [0.2, 0.25) is 0 Å². The molecule has 0 aromatic heterocycles. The highest BCUT2D eigenvalue weighted by molar-refractivity contribution is 4.87. The third-order valence-corrected chi connectivity index (χ3v) is 1.86. The van der Waals surface area contributed by atoms with E-state index in [0.29, 0.717) is 0 Å². The predicted octanol–water partition coefficient (Wildman–Crippen LogP) is 2.89. The summed E-state index contributed by atoms with van der Waals surface area (Å²) in [4.78, 5) is 0. The molecule has 0 aromatic carbocycles. The van der Waals surface area contributed by atoms with Crippen molar-refractivity contribution in [2.45, 2.75) is 52.1 Å². The summed E-state index contributed by atoms with van der Waals surface area (Å²) < 4.78 is 0. The van der Waals surface area contributed by atoms with Crippen molar-refractivity contribution >= 4 is 0 Å². The second kappa shape index (κ2) is 6.41. The summed E-state index contributed by atoms with van der Waals surface area (Å²) >= 11 is 0. The molecule has 0 saturated carbocycles. The molecule has 0 bridgehead atoms. The van der Waals surface area contributed by atoms with E-state index in [-0.39, 0.29) is 6.10 Å². The summed E-state index contributed by atoms with van der Waals surface area (Å²) in [6.07, 6.45) is 5.15. The standard InChI is InChI=1S/C10H20O/c1-4-10(11)8-6-5-7-9(2)3/h10-11H,2,4-8H2,1,3H3. The van der Waals surface area contributed by atoms with Crippen molar-refractivity contribution in [3.8, 4) is 0 Å². The maximum atomic E-state index is 9.20. The fraction of sp³-hybridized carbons (Fsp3) is 0.800. The number of rotatable bonds is 6. The summed E-state index contributed by atoms with van der Waals surface area (Å²) in [5.41, 5.74) is 1.25. The van der Waals surface area contributed by atoms with Gasteiger partial charge in [-0.2, -0.15) is 0 Å². The van der Waals surface area contributed by atoms with Gasteiger partial charge in [0.1, 0.15) is 0 Å². The molecule has 1 N–H and O–H groups in total. The summed E-state index contributed by atoms with van der Waals surface area (Å²) in [5, 5.41) is 9.20. The summed E-state index contributed by atoms with van der Waals surface area (Å²) in [6, 6.07) is 0.